The maximum absolute atomic E-state index is 10.9. The van der Waals surface area contributed by atoms with Crippen LogP contribution in [0.4, 0.5) is 0 Å². The third-order valence-electron chi connectivity index (χ3n) is 2.57. The van der Waals surface area contributed by atoms with Crippen molar-refractivity contribution in [1.29, 1.82) is 0 Å². The van der Waals surface area contributed by atoms with Gasteiger partial charge in [-0.15, -0.1) is 0 Å². The predicted molar refractivity (Wildman–Crippen MR) is 64.9 cm³/mol. The minimum Gasteiger partial charge on any atom is -0.478 e. The monoisotopic (exact) mass is 262 g/mol. The van der Waals surface area contributed by atoms with Crippen LogP contribution >= 0.6 is 11.6 Å². The van der Waals surface area contributed by atoms with E-state index in [1.165, 1.54) is 6.07 Å². The molecule has 18 heavy (non-hydrogen) atoms. The van der Waals surface area contributed by atoms with E-state index in [0.29, 0.717) is 17.1 Å². The van der Waals surface area contributed by atoms with Gasteiger partial charge in [0.05, 0.1) is 17.3 Å². The first kappa shape index (κ1) is 10.9. The molecule has 6 heteroatoms. The number of hydrogen-bond acceptors (Lipinski definition) is 3. The minimum absolute atomic E-state index is 0.214. The highest BCUT2D eigenvalue weighted by molar-refractivity contribution is 6.28. The van der Waals surface area contributed by atoms with Crippen molar-refractivity contribution in [2.24, 2.45) is 0 Å². The second-order valence-corrected chi connectivity index (χ2v) is 4.07. The SMILES string of the molecule is O=C(O)c1ccn2c(-c3ccc(Cl)o3)ncc2c1. The maximum atomic E-state index is 10.9. The van der Waals surface area contributed by atoms with Crippen molar-refractivity contribution in [3.63, 3.8) is 0 Å². The van der Waals surface area contributed by atoms with Crippen LogP contribution in [0.1, 0.15) is 10.4 Å². The van der Waals surface area contributed by atoms with Crippen LogP contribution in [0, 0.1) is 0 Å². The number of furan rings is 1. The van der Waals surface area contributed by atoms with E-state index in [4.69, 9.17) is 21.1 Å². The molecule has 0 aliphatic heterocycles. The molecular weight excluding hydrogens is 256 g/mol. The first-order valence-corrected chi connectivity index (χ1v) is 5.49. The lowest BCUT2D eigenvalue weighted by molar-refractivity contribution is 0.0697. The lowest BCUT2D eigenvalue weighted by atomic mass is 10.2. The number of pyridine rings is 1. The van der Waals surface area contributed by atoms with Crippen LogP contribution in [-0.2, 0) is 0 Å². The summed E-state index contributed by atoms with van der Waals surface area (Å²) in [6.45, 7) is 0. The van der Waals surface area contributed by atoms with Gasteiger partial charge in [-0.1, -0.05) is 0 Å². The number of halogens is 1. The Morgan fingerprint density at radius 1 is 1.39 bits per heavy atom. The van der Waals surface area contributed by atoms with Gasteiger partial charge in [-0.05, 0) is 35.9 Å². The van der Waals surface area contributed by atoms with Gasteiger partial charge in [-0.2, -0.15) is 0 Å². The number of aromatic nitrogens is 2. The molecule has 0 atom stereocenters. The molecule has 0 unspecified atom stereocenters. The molecule has 3 rings (SSSR count). The average Bonchev–Trinajstić information content (AvgIpc) is 2.93. The summed E-state index contributed by atoms with van der Waals surface area (Å²) in [6.07, 6.45) is 3.22. The van der Waals surface area contributed by atoms with Crippen molar-refractivity contribution in [2.45, 2.75) is 0 Å². The van der Waals surface area contributed by atoms with Crippen LogP contribution < -0.4 is 0 Å². The van der Waals surface area contributed by atoms with Gasteiger partial charge in [0, 0.05) is 6.20 Å². The molecular formula is C12H7ClN2O3. The van der Waals surface area contributed by atoms with Crippen molar-refractivity contribution < 1.29 is 14.3 Å². The number of carboxylic acids is 1. The molecule has 90 valence electrons. The Hall–Kier alpha value is -2.27. The number of fused-ring (bicyclic) bond motifs is 1. The van der Waals surface area contributed by atoms with Crippen LogP contribution in [0.2, 0.25) is 5.22 Å². The van der Waals surface area contributed by atoms with Crippen molar-refractivity contribution in [2.75, 3.05) is 0 Å². The molecule has 1 N–H and O–H groups in total. The fraction of sp³-hybridized carbons (Fsp3) is 0. The fourth-order valence-electron chi connectivity index (χ4n) is 1.75. The molecule has 0 radical (unpaired) electrons. The van der Waals surface area contributed by atoms with Crippen LogP contribution in [-0.4, -0.2) is 20.5 Å². The number of nitrogens with zero attached hydrogens (tertiary/aromatic N) is 2. The molecule has 0 aliphatic rings. The average molecular weight is 263 g/mol. The van der Waals surface area contributed by atoms with Crippen molar-refractivity contribution in [1.82, 2.24) is 9.38 Å². The Morgan fingerprint density at radius 2 is 2.22 bits per heavy atom. The summed E-state index contributed by atoms with van der Waals surface area (Å²) in [4.78, 5) is 15.1. The van der Waals surface area contributed by atoms with Gasteiger partial charge in [0.25, 0.3) is 0 Å². The van der Waals surface area contributed by atoms with Gasteiger partial charge in [0.15, 0.2) is 16.8 Å². The Labute approximate surface area is 106 Å². The molecule has 3 aromatic heterocycles. The van der Waals surface area contributed by atoms with Crippen molar-refractivity contribution in [3.8, 4) is 11.6 Å². The molecule has 0 spiro atoms. The standard InChI is InChI=1S/C12H7ClN2O3/c13-10-2-1-9(18-10)11-14-6-8-5-7(12(16)17)3-4-15(8)11/h1-6H,(H,16,17). The first-order valence-electron chi connectivity index (χ1n) is 5.11. The maximum Gasteiger partial charge on any atom is 0.335 e. The van der Waals surface area contributed by atoms with Crippen molar-refractivity contribution >= 4 is 23.1 Å². The smallest absolute Gasteiger partial charge is 0.335 e. The summed E-state index contributed by atoms with van der Waals surface area (Å²) in [5, 5.41) is 9.19. The molecule has 0 fully saturated rings. The van der Waals surface area contributed by atoms with Crippen LogP contribution in [0.25, 0.3) is 17.1 Å². The molecule has 0 saturated carbocycles. The van der Waals surface area contributed by atoms with Gasteiger partial charge >= 0.3 is 5.97 Å². The Kier molecular flexibility index (Phi) is 2.34. The van der Waals surface area contributed by atoms with Crippen LogP contribution in [0.3, 0.4) is 0 Å². The molecule has 3 heterocycles. The van der Waals surface area contributed by atoms with E-state index >= 15 is 0 Å². The fourth-order valence-corrected chi connectivity index (χ4v) is 1.90. The van der Waals surface area contributed by atoms with Crippen LogP contribution in [0.15, 0.2) is 41.1 Å². The van der Waals surface area contributed by atoms with Crippen molar-refractivity contribution in [3.05, 3.63) is 47.4 Å². The minimum atomic E-state index is -0.971. The molecule has 5 nitrogen and oxygen atoms in total. The molecule has 0 amide bonds. The Bertz CT molecular complexity index is 745. The quantitative estimate of drug-likeness (QED) is 0.771. The lowest BCUT2D eigenvalue weighted by Gasteiger charge is -1.99. The number of rotatable bonds is 2. The largest absolute Gasteiger partial charge is 0.478 e. The summed E-state index contributed by atoms with van der Waals surface area (Å²) >= 11 is 5.71. The van der Waals surface area contributed by atoms with Crippen LogP contribution in [0.5, 0.6) is 0 Å². The zero-order chi connectivity index (χ0) is 12.7. The second-order valence-electron chi connectivity index (χ2n) is 3.70. The van der Waals surface area contributed by atoms with E-state index in [-0.39, 0.29) is 10.8 Å². The third-order valence-corrected chi connectivity index (χ3v) is 2.78. The predicted octanol–water partition coefficient (Wildman–Crippen LogP) is 2.95. The summed E-state index contributed by atoms with van der Waals surface area (Å²) in [5.74, 6) is 0.137. The third kappa shape index (κ3) is 1.65. The summed E-state index contributed by atoms with van der Waals surface area (Å²) in [6, 6.07) is 6.39. The van der Waals surface area contributed by atoms with E-state index in [1.54, 1.807) is 35.0 Å². The first-order chi connectivity index (χ1) is 8.65. The molecule has 3 aromatic rings. The lowest BCUT2D eigenvalue weighted by Crippen LogP contribution is -1.97. The number of hydrogen-bond donors (Lipinski definition) is 1. The topological polar surface area (TPSA) is 67.7 Å². The zero-order valence-corrected chi connectivity index (χ0v) is 9.76. The van der Waals surface area contributed by atoms with E-state index in [9.17, 15) is 4.79 Å². The summed E-state index contributed by atoms with van der Waals surface area (Å²) in [7, 11) is 0. The summed E-state index contributed by atoms with van der Waals surface area (Å²) < 4.78 is 7.02. The van der Waals surface area contributed by atoms with Gasteiger partial charge in [0.2, 0.25) is 0 Å². The van der Waals surface area contributed by atoms with Gasteiger partial charge in [0.1, 0.15) is 0 Å². The van der Waals surface area contributed by atoms with E-state index < -0.39 is 5.97 Å². The number of carbonyl (C=O) groups is 1. The molecule has 0 saturated heterocycles. The normalized spacial score (nSPS) is 10.9. The molecule has 0 bridgehead atoms. The summed E-state index contributed by atoms with van der Waals surface area (Å²) in [5.41, 5.74) is 0.892. The second kappa shape index (κ2) is 3.89. The van der Waals surface area contributed by atoms with Gasteiger partial charge in [-0.3, -0.25) is 4.40 Å². The van der Waals surface area contributed by atoms with Gasteiger partial charge < -0.3 is 9.52 Å². The Morgan fingerprint density at radius 3 is 2.89 bits per heavy atom. The highest BCUT2D eigenvalue weighted by Crippen LogP contribution is 2.24. The number of aromatic carboxylic acids is 1. The van der Waals surface area contributed by atoms with E-state index in [1.807, 2.05) is 0 Å². The number of imidazole rings is 1. The zero-order valence-electron chi connectivity index (χ0n) is 9.00. The Balaban J connectivity index is 2.18. The number of carboxylic acid groups (broad SMARTS) is 1. The van der Waals surface area contributed by atoms with Gasteiger partial charge in [-0.25, -0.2) is 9.78 Å². The highest BCUT2D eigenvalue weighted by Gasteiger charge is 2.12. The van der Waals surface area contributed by atoms with E-state index in [2.05, 4.69) is 4.98 Å². The highest BCUT2D eigenvalue weighted by atomic mass is 35.5. The van der Waals surface area contributed by atoms with E-state index in [0.717, 1.165) is 0 Å². The molecule has 0 aromatic carbocycles. The molecule has 0 aliphatic carbocycles.